The first-order valence-electron chi connectivity index (χ1n) is 10.9. The van der Waals surface area contributed by atoms with Crippen LogP contribution >= 0.6 is 11.6 Å². The molecule has 1 amide bonds. The Balaban J connectivity index is 1.76. The summed E-state index contributed by atoms with van der Waals surface area (Å²) >= 11 is 6.16. The Bertz CT molecular complexity index is 1270. The SMILES string of the molecule is Cc1ccc(S(=O)(=O)N(CC(=O)NCCOc2cccc(C)c2C)c2cc(Cl)ccc2C)cc1. The van der Waals surface area contributed by atoms with E-state index in [1.807, 2.05) is 39.0 Å². The molecule has 0 radical (unpaired) electrons. The number of carbonyl (C=O) groups is 1. The lowest BCUT2D eigenvalue weighted by atomic mass is 10.1. The Morgan fingerprint density at radius 3 is 2.38 bits per heavy atom. The second kappa shape index (κ2) is 10.9. The van der Waals surface area contributed by atoms with Gasteiger partial charge in [0, 0.05) is 5.02 Å². The molecule has 0 aliphatic heterocycles. The van der Waals surface area contributed by atoms with Gasteiger partial charge >= 0.3 is 0 Å². The van der Waals surface area contributed by atoms with E-state index < -0.39 is 15.9 Å². The molecule has 8 heteroatoms. The van der Waals surface area contributed by atoms with Crippen molar-refractivity contribution in [1.29, 1.82) is 0 Å². The third-order valence-electron chi connectivity index (χ3n) is 5.57. The molecule has 0 aliphatic rings. The highest BCUT2D eigenvalue weighted by molar-refractivity contribution is 7.92. The van der Waals surface area contributed by atoms with E-state index in [1.165, 1.54) is 12.1 Å². The molecule has 6 nitrogen and oxygen atoms in total. The molecular weight excluding hydrogens is 472 g/mol. The van der Waals surface area contributed by atoms with Crippen LogP contribution in [0.4, 0.5) is 5.69 Å². The standard InChI is InChI=1S/C26H29ClN2O4S/c1-18-8-12-23(13-9-18)34(31,32)29(24-16-22(27)11-10-20(24)3)17-26(30)28-14-15-33-25-7-5-6-19(2)21(25)4/h5-13,16H,14-15,17H2,1-4H3,(H,28,30). The molecule has 0 aliphatic carbocycles. The van der Waals surface area contributed by atoms with Crippen LogP contribution in [0.5, 0.6) is 5.75 Å². The molecule has 3 rings (SSSR count). The number of hydrogen-bond acceptors (Lipinski definition) is 4. The zero-order valence-electron chi connectivity index (χ0n) is 19.8. The average molecular weight is 501 g/mol. The minimum atomic E-state index is -4.01. The van der Waals surface area contributed by atoms with E-state index in [2.05, 4.69) is 5.32 Å². The van der Waals surface area contributed by atoms with Gasteiger partial charge in [0.05, 0.1) is 17.1 Å². The predicted molar refractivity (Wildman–Crippen MR) is 136 cm³/mol. The van der Waals surface area contributed by atoms with Gasteiger partial charge in [0.25, 0.3) is 10.0 Å². The number of nitrogens with one attached hydrogen (secondary N) is 1. The Kier molecular flexibility index (Phi) is 8.23. The zero-order valence-corrected chi connectivity index (χ0v) is 21.3. The molecule has 0 spiro atoms. The van der Waals surface area contributed by atoms with Crippen LogP contribution in [0.15, 0.2) is 65.6 Å². The monoisotopic (exact) mass is 500 g/mol. The first-order valence-corrected chi connectivity index (χ1v) is 12.7. The van der Waals surface area contributed by atoms with Gasteiger partial charge in [0.2, 0.25) is 5.91 Å². The van der Waals surface area contributed by atoms with Crippen LogP contribution in [0.25, 0.3) is 0 Å². The molecule has 1 N–H and O–H groups in total. The number of ether oxygens (including phenoxy) is 1. The van der Waals surface area contributed by atoms with Crippen LogP contribution < -0.4 is 14.4 Å². The molecule has 0 saturated heterocycles. The van der Waals surface area contributed by atoms with Crippen molar-refractivity contribution in [2.45, 2.75) is 32.6 Å². The number of rotatable bonds is 9. The Hall–Kier alpha value is -3.03. The number of halogens is 1. The minimum Gasteiger partial charge on any atom is -0.491 e. The van der Waals surface area contributed by atoms with E-state index >= 15 is 0 Å². The minimum absolute atomic E-state index is 0.100. The summed E-state index contributed by atoms with van der Waals surface area (Å²) in [6.07, 6.45) is 0. The van der Waals surface area contributed by atoms with Crippen molar-refractivity contribution in [2.24, 2.45) is 0 Å². The number of benzene rings is 3. The topological polar surface area (TPSA) is 75.7 Å². The Morgan fingerprint density at radius 2 is 1.68 bits per heavy atom. The van der Waals surface area contributed by atoms with Crippen molar-refractivity contribution in [2.75, 3.05) is 24.0 Å². The average Bonchev–Trinajstić information content (AvgIpc) is 2.79. The molecule has 3 aromatic carbocycles. The van der Waals surface area contributed by atoms with Crippen molar-refractivity contribution in [3.05, 3.63) is 87.9 Å². The van der Waals surface area contributed by atoms with E-state index in [-0.39, 0.29) is 24.6 Å². The third kappa shape index (κ3) is 6.10. The third-order valence-corrected chi connectivity index (χ3v) is 7.58. The molecule has 0 heterocycles. The molecule has 0 bridgehead atoms. The van der Waals surface area contributed by atoms with Crippen molar-refractivity contribution in [3.8, 4) is 5.75 Å². The van der Waals surface area contributed by atoms with Crippen LogP contribution in [-0.4, -0.2) is 34.0 Å². The van der Waals surface area contributed by atoms with Gasteiger partial charge in [0.1, 0.15) is 18.9 Å². The van der Waals surface area contributed by atoms with Crippen LogP contribution in [-0.2, 0) is 14.8 Å². The van der Waals surface area contributed by atoms with E-state index in [0.29, 0.717) is 16.3 Å². The number of amides is 1. The fourth-order valence-electron chi connectivity index (χ4n) is 3.41. The Labute approximate surface area is 206 Å². The van der Waals surface area contributed by atoms with Gasteiger partial charge in [0.15, 0.2) is 0 Å². The van der Waals surface area contributed by atoms with E-state index in [9.17, 15) is 13.2 Å². The molecule has 0 fully saturated rings. The van der Waals surface area contributed by atoms with Crippen LogP contribution in [0.1, 0.15) is 22.3 Å². The number of anilines is 1. The number of hydrogen-bond donors (Lipinski definition) is 1. The number of sulfonamides is 1. The summed E-state index contributed by atoms with van der Waals surface area (Å²) < 4.78 is 33.9. The second-order valence-electron chi connectivity index (χ2n) is 8.15. The van der Waals surface area contributed by atoms with Crippen LogP contribution in [0.3, 0.4) is 0 Å². The van der Waals surface area contributed by atoms with E-state index in [0.717, 1.165) is 26.7 Å². The first kappa shape index (κ1) is 25.6. The highest BCUT2D eigenvalue weighted by Gasteiger charge is 2.28. The maximum absolute atomic E-state index is 13.5. The van der Waals surface area contributed by atoms with Gasteiger partial charge in [-0.15, -0.1) is 0 Å². The summed E-state index contributed by atoms with van der Waals surface area (Å²) in [7, 11) is -4.01. The fraction of sp³-hybridized carbons (Fsp3) is 0.269. The summed E-state index contributed by atoms with van der Waals surface area (Å²) in [6.45, 7) is 7.74. The van der Waals surface area contributed by atoms with Gasteiger partial charge in [-0.05, 0) is 74.7 Å². The van der Waals surface area contributed by atoms with Crippen molar-refractivity contribution in [3.63, 3.8) is 0 Å². The van der Waals surface area contributed by atoms with E-state index in [1.54, 1.807) is 37.3 Å². The van der Waals surface area contributed by atoms with Crippen LogP contribution in [0.2, 0.25) is 5.02 Å². The summed E-state index contributed by atoms with van der Waals surface area (Å²) in [5.41, 5.74) is 4.14. The predicted octanol–water partition coefficient (Wildman–Crippen LogP) is 4.96. The number of aryl methyl sites for hydroxylation is 3. The molecule has 180 valence electrons. The molecule has 0 saturated carbocycles. The lowest BCUT2D eigenvalue weighted by Crippen LogP contribution is -2.42. The maximum Gasteiger partial charge on any atom is 0.264 e. The summed E-state index contributed by atoms with van der Waals surface area (Å²) in [4.78, 5) is 12.9. The van der Waals surface area contributed by atoms with Crippen molar-refractivity contribution >= 4 is 33.2 Å². The van der Waals surface area contributed by atoms with Gasteiger partial charge in [-0.25, -0.2) is 8.42 Å². The lowest BCUT2D eigenvalue weighted by molar-refractivity contribution is -0.119. The summed E-state index contributed by atoms with van der Waals surface area (Å²) in [5.74, 6) is 0.312. The molecule has 34 heavy (non-hydrogen) atoms. The zero-order chi connectivity index (χ0) is 24.9. The molecular formula is C26H29ClN2O4S. The number of carbonyl (C=O) groups excluding carboxylic acids is 1. The first-order chi connectivity index (χ1) is 16.1. The quantitative estimate of drug-likeness (QED) is 0.421. The smallest absolute Gasteiger partial charge is 0.264 e. The Morgan fingerprint density at radius 1 is 0.971 bits per heavy atom. The van der Waals surface area contributed by atoms with Gasteiger partial charge in [-0.2, -0.15) is 0 Å². The fourth-order valence-corrected chi connectivity index (χ4v) is 5.05. The molecule has 0 aromatic heterocycles. The second-order valence-corrected chi connectivity index (χ2v) is 10.5. The van der Waals surface area contributed by atoms with Gasteiger partial charge in [-0.3, -0.25) is 9.10 Å². The summed E-state index contributed by atoms with van der Waals surface area (Å²) in [5, 5.41) is 3.13. The largest absolute Gasteiger partial charge is 0.491 e. The normalized spacial score (nSPS) is 11.2. The van der Waals surface area contributed by atoms with E-state index in [4.69, 9.17) is 16.3 Å². The molecule has 0 atom stereocenters. The number of nitrogens with zero attached hydrogens (tertiary/aromatic N) is 1. The van der Waals surface area contributed by atoms with Gasteiger partial charge < -0.3 is 10.1 Å². The summed E-state index contributed by atoms with van der Waals surface area (Å²) in [6, 6.07) is 17.3. The highest BCUT2D eigenvalue weighted by atomic mass is 35.5. The lowest BCUT2D eigenvalue weighted by Gasteiger charge is -2.26. The van der Waals surface area contributed by atoms with Crippen molar-refractivity contribution in [1.82, 2.24) is 5.32 Å². The molecule has 0 unspecified atom stereocenters. The maximum atomic E-state index is 13.5. The van der Waals surface area contributed by atoms with Crippen molar-refractivity contribution < 1.29 is 17.9 Å². The van der Waals surface area contributed by atoms with Crippen LogP contribution in [0, 0.1) is 27.7 Å². The molecule has 3 aromatic rings. The highest BCUT2D eigenvalue weighted by Crippen LogP contribution is 2.29. The van der Waals surface area contributed by atoms with Gasteiger partial charge in [-0.1, -0.05) is 47.5 Å².